The summed E-state index contributed by atoms with van der Waals surface area (Å²) in [5.41, 5.74) is 2.49. The Labute approximate surface area is 106 Å². The number of aromatic nitrogens is 2. The average molecular weight is 255 g/mol. The van der Waals surface area contributed by atoms with E-state index in [0.29, 0.717) is 11.6 Å². The molecule has 0 atom stereocenters. The van der Waals surface area contributed by atoms with Crippen molar-refractivity contribution in [3.8, 4) is 0 Å². The van der Waals surface area contributed by atoms with Crippen molar-refractivity contribution in [2.24, 2.45) is 5.84 Å². The number of nitrogens with zero attached hydrogens (tertiary/aromatic N) is 2. The second kappa shape index (κ2) is 5.94. The summed E-state index contributed by atoms with van der Waals surface area (Å²) in [6.45, 7) is 5.25. The van der Waals surface area contributed by atoms with Gasteiger partial charge in [-0.2, -0.15) is 0 Å². The molecular formula is C11H21N5O2. The fourth-order valence-electron chi connectivity index (χ4n) is 1.57. The third-order valence-corrected chi connectivity index (χ3v) is 2.72. The van der Waals surface area contributed by atoms with Gasteiger partial charge in [-0.15, -0.1) is 0 Å². The monoisotopic (exact) mass is 255 g/mol. The number of nitrogen functional groups attached to an aromatic ring is 1. The maximum atomic E-state index is 9.30. The van der Waals surface area contributed by atoms with Crippen LogP contribution in [0.2, 0.25) is 0 Å². The van der Waals surface area contributed by atoms with E-state index in [1.54, 1.807) is 6.92 Å². The highest BCUT2D eigenvalue weighted by Gasteiger charge is 2.25. The number of rotatable bonds is 6. The van der Waals surface area contributed by atoms with Crippen LogP contribution in [0.5, 0.6) is 0 Å². The fraction of sp³-hybridized carbons (Fsp3) is 0.636. The minimum Gasteiger partial charge on any atom is -0.394 e. The highest BCUT2D eigenvalue weighted by molar-refractivity contribution is 5.59. The Morgan fingerprint density at radius 1 is 1.28 bits per heavy atom. The molecule has 0 spiro atoms. The Bertz CT molecular complexity index is 393. The largest absolute Gasteiger partial charge is 0.394 e. The van der Waals surface area contributed by atoms with E-state index in [1.807, 2.05) is 13.8 Å². The molecule has 0 unspecified atom stereocenters. The van der Waals surface area contributed by atoms with E-state index in [2.05, 4.69) is 20.7 Å². The number of hydrogen-bond donors (Lipinski definition) is 5. The topological polar surface area (TPSA) is 116 Å². The van der Waals surface area contributed by atoms with Crippen molar-refractivity contribution in [3.05, 3.63) is 11.9 Å². The van der Waals surface area contributed by atoms with E-state index >= 15 is 0 Å². The first-order valence-corrected chi connectivity index (χ1v) is 5.79. The lowest BCUT2D eigenvalue weighted by molar-refractivity contribution is 0.147. The maximum absolute atomic E-state index is 9.30. The Hall–Kier alpha value is -1.44. The second-order valence-corrected chi connectivity index (χ2v) is 4.79. The molecule has 7 nitrogen and oxygen atoms in total. The summed E-state index contributed by atoms with van der Waals surface area (Å²) in [4.78, 5) is 8.20. The van der Waals surface area contributed by atoms with Crippen LogP contribution in [-0.4, -0.2) is 38.9 Å². The summed E-state index contributed by atoms with van der Waals surface area (Å²) in [6, 6.07) is 0. The zero-order chi connectivity index (χ0) is 13.8. The highest BCUT2D eigenvalue weighted by Crippen LogP contribution is 2.29. The normalized spacial score (nSPS) is 11.7. The van der Waals surface area contributed by atoms with Gasteiger partial charge in [0.1, 0.15) is 18.0 Å². The zero-order valence-electron chi connectivity index (χ0n) is 10.9. The summed E-state index contributed by atoms with van der Waals surface area (Å²) in [7, 11) is 0. The van der Waals surface area contributed by atoms with Gasteiger partial charge in [0.25, 0.3) is 0 Å². The van der Waals surface area contributed by atoms with Crippen LogP contribution in [-0.2, 0) is 0 Å². The van der Waals surface area contributed by atoms with Crippen molar-refractivity contribution < 1.29 is 10.2 Å². The molecular weight excluding hydrogens is 234 g/mol. The summed E-state index contributed by atoms with van der Waals surface area (Å²) in [5, 5.41) is 21.6. The van der Waals surface area contributed by atoms with Crippen LogP contribution >= 0.6 is 0 Å². The van der Waals surface area contributed by atoms with E-state index in [4.69, 9.17) is 5.84 Å². The molecule has 0 aliphatic carbocycles. The number of hydrogen-bond acceptors (Lipinski definition) is 7. The molecule has 1 aromatic rings. The molecule has 0 saturated carbocycles. The first-order chi connectivity index (χ1) is 8.47. The average Bonchev–Trinajstić information content (AvgIpc) is 2.37. The van der Waals surface area contributed by atoms with Gasteiger partial charge in [-0.05, 0) is 12.8 Å². The van der Waals surface area contributed by atoms with Crippen molar-refractivity contribution in [2.75, 3.05) is 24.0 Å². The summed E-state index contributed by atoms with van der Waals surface area (Å²) in [6.07, 6.45) is 1.37. The molecule has 0 amide bonds. The standard InChI is InChI=1S/C11H21N5O2/c1-7(2)8-9(13-6-14-10(8)16-12)15-11(3,4-17)5-18/h6-7,17-18H,4-5,12H2,1-3H3,(H2,13,14,15,16). The third-order valence-electron chi connectivity index (χ3n) is 2.72. The van der Waals surface area contributed by atoms with E-state index in [1.165, 1.54) is 6.33 Å². The summed E-state index contributed by atoms with van der Waals surface area (Å²) >= 11 is 0. The molecule has 0 radical (unpaired) electrons. The quantitative estimate of drug-likeness (QED) is 0.360. The number of hydrazine groups is 1. The SMILES string of the molecule is CC(C)c1c(NN)ncnc1NC(C)(CO)CO. The van der Waals surface area contributed by atoms with Crippen molar-refractivity contribution in [1.29, 1.82) is 0 Å². The number of aliphatic hydroxyl groups is 2. The number of aliphatic hydroxyl groups excluding tert-OH is 2. The van der Waals surface area contributed by atoms with Gasteiger partial charge >= 0.3 is 0 Å². The van der Waals surface area contributed by atoms with Gasteiger partial charge in [0.2, 0.25) is 0 Å². The van der Waals surface area contributed by atoms with E-state index in [-0.39, 0.29) is 19.1 Å². The number of nitrogens with two attached hydrogens (primary N) is 1. The van der Waals surface area contributed by atoms with Crippen molar-refractivity contribution in [3.63, 3.8) is 0 Å². The number of anilines is 2. The van der Waals surface area contributed by atoms with Gasteiger partial charge in [-0.25, -0.2) is 15.8 Å². The van der Waals surface area contributed by atoms with E-state index in [9.17, 15) is 10.2 Å². The fourth-order valence-corrected chi connectivity index (χ4v) is 1.57. The zero-order valence-corrected chi connectivity index (χ0v) is 10.9. The van der Waals surface area contributed by atoms with Crippen LogP contribution in [0.3, 0.4) is 0 Å². The first-order valence-electron chi connectivity index (χ1n) is 5.79. The van der Waals surface area contributed by atoms with Gasteiger partial charge in [-0.1, -0.05) is 13.8 Å². The Morgan fingerprint density at radius 2 is 1.83 bits per heavy atom. The van der Waals surface area contributed by atoms with Gasteiger partial charge < -0.3 is 21.0 Å². The molecule has 0 saturated heterocycles. The third kappa shape index (κ3) is 3.06. The number of nitrogens with one attached hydrogen (secondary N) is 2. The summed E-state index contributed by atoms with van der Waals surface area (Å²) < 4.78 is 0. The molecule has 1 aromatic heterocycles. The molecule has 0 aliphatic rings. The molecule has 102 valence electrons. The van der Waals surface area contributed by atoms with Gasteiger partial charge in [0, 0.05) is 5.56 Å². The molecule has 18 heavy (non-hydrogen) atoms. The molecule has 0 aromatic carbocycles. The molecule has 7 heteroatoms. The van der Waals surface area contributed by atoms with Crippen LogP contribution < -0.4 is 16.6 Å². The lowest BCUT2D eigenvalue weighted by atomic mass is 10.0. The lowest BCUT2D eigenvalue weighted by Crippen LogP contribution is -2.43. The Morgan fingerprint density at radius 3 is 2.28 bits per heavy atom. The van der Waals surface area contributed by atoms with Crippen LogP contribution in [0.1, 0.15) is 32.3 Å². The molecule has 6 N–H and O–H groups in total. The highest BCUT2D eigenvalue weighted by atomic mass is 16.3. The minimum atomic E-state index is -0.843. The molecule has 0 bridgehead atoms. The molecule has 1 heterocycles. The predicted molar refractivity (Wildman–Crippen MR) is 70.1 cm³/mol. The van der Waals surface area contributed by atoms with Gasteiger partial charge in [-0.3, -0.25) is 0 Å². The van der Waals surface area contributed by atoms with Gasteiger partial charge in [0.15, 0.2) is 0 Å². The lowest BCUT2D eigenvalue weighted by Gasteiger charge is -2.29. The van der Waals surface area contributed by atoms with E-state index < -0.39 is 5.54 Å². The first kappa shape index (κ1) is 14.6. The van der Waals surface area contributed by atoms with Crippen LogP contribution in [0.15, 0.2) is 6.33 Å². The molecule has 0 aliphatic heterocycles. The second-order valence-electron chi connectivity index (χ2n) is 4.79. The van der Waals surface area contributed by atoms with Gasteiger partial charge in [0.05, 0.1) is 18.8 Å². The summed E-state index contributed by atoms with van der Waals surface area (Å²) in [5.74, 6) is 6.64. The molecule has 1 rings (SSSR count). The van der Waals surface area contributed by atoms with Crippen LogP contribution in [0.25, 0.3) is 0 Å². The van der Waals surface area contributed by atoms with Crippen molar-refractivity contribution in [2.45, 2.75) is 32.2 Å². The van der Waals surface area contributed by atoms with Crippen molar-refractivity contribution >= 4 is 11.6 Å². The van der Waals surface area contributed by atoms with E-state index in [0.717, 1.165) is 5.56 Å². The Balaban J connectivity index is 3.16. The van der Waals surface area contributed by atoms with Crippen molar-refractivity contribution in [1.82, 2.24) is 9.97 Å². The van der Waals surface area contributed by atoms with Crippen LogP contribution in [0.4, 0.5) is 11.6 Å². The predicted octanol–water partition coefficient (Wildman–Crippen LogP) is 0.0408. The van der Waals surface area contributed by atoms with Crippen LogP contribution in [0, 0.1) is 0 Å². The smallest absolute Gasteiger partial charge is 0.148 e. The minimum absolute atomic E-state index is 0.140. The maximum Gasteiger partial charge on any atom is 0.148 e. The molecule has 0 fully saturated rings. The Kier molecular flexibility index (Phi) is 4.83.